The van der Waals surface area contributed by atoms with E-state index in [1.165, 1.54) is 6.08 Å². The fourth-order valence-electron chi connectivity index (χ4n) is 2.83. The highest BCUT2D eigenvalue weighted by molar-refractivity contribution is 6.31. The van der Waals surface area contributed by atoms with Crippen molar-refractivity contribution in [2.45, 2.75) is 33.9 Å². The van der Waals surface area contributed by atoms with E-state index in [9.17, 15) is 4.79 Å². The van der Waals surface area contributed by atoms with E-state index in [4.69, 9.17) is 21.1 Å². The van der Waals surface area contributed by atoms with Gasteiger partial charge >= 0.3 is 0 Å². The zero-order chi connectivity index (χ0) is 19.4. The molecule has 2 heterocycles. The third-order valence-electron chi connectivity index (χ3n) is 4.12. The van der Waals surface area contributed by atoms with Crippen molar-refractivity contribution in [3.63, 3.8) is 0 Å². The number of aryl methyl sites for hydroxylation is 1. The van der Waals surface area contributed by atoms with Crippen molar-refractivity contribution in [2.75, 3.05) is 13.2 Å². The lowest BCUT2D eigenvalue weighted by molar-refractivity contribution is -0.116. The van der Waals surface area contributed by atoms with Crippen LogP contribution in [0.5, 0.6) is 11.5 Å². The predicted octanol–water partition coefficient (Wildman–Crippen LogP) is 3.60. The number of hydrogen-bond acceptors (Lipinski definition) is 4. The van der Waals surface area contributed by atoms with Crippen molar-refractivity contribution in [1.29, 1.82) is 0 Å². The minimum Gasteiger partial charge on any atom is -0.486 e. The summed E-state index contributed by atoms with van der Waals surface area (Å²) in [5, 5.41) is 7.85. The molecule has 1 amide bonds. The fourth-order valence-corrected chi connectivity index (χ4v) is 3.13. The summed E-state index contributed by atoms with van der Waals surface area (Å²) in [5.41, 5.74) is 2.52. The molecular weight excluding hydrogens is 366 g/mol. The molecule has 7 heteroatoms. The Bertz CT molecular complexity index is 858. The average Bonchev–Trinajstić information content (AvgIpc) is 2.90. The third-order valence-corrected chi connectivity index (χ3v) is 4.52. The molecule has 2 aromatic rings. The van der Waals surface area contributed by atoms with Gasteiger partial charge in [-0.15, -0.1) is 0 Å². The van der Waals surface area contributed by atoms with Crippen LogP contribution in [-0.4, -0.2) is 28.9 Å². The summed E-state index contributed by atoms with van der Waals surface area (Å²) in [6, 6.07) is 5.65. The van der Waals surface area contributed by atoms with Gasteiger partial charge in [-0.3, -0.25) is 9.48 Å². The van der Waals surface area contributed by atoms with Gasteiger partial charge in [-0.2, -0.15) is 5.10 Å². The number of ether oxygens (including phenoxy) is 2. The van der Waals surface area contributed by atoms with E-state index < -0.39 is 0 Å². The Morgan fingerprint density at radius 1 is 1.33 bits per heavy atom. The summed E-state index contributed by atoms with van der Waals surface area (Å²) in [5.74, 6) is 1.69. The van der Waals surface area contributed by atoms with Gasteiger partial charge < -0.3 is 14.8 Å². The summed E-state index contributed by atoms with van der Waals surface area (Å²) in [6.45, 7) is 8.33. The van der Waals surface area contributed by atoms with Gasteiger partial charge in [0.05, 0.1) is 5.69 Å². The van der Waals surface area contributed by atoms with Crippen LogP contribution in [-0.2, 0) is 17.9 Å². The Hall–Kier alpha value is -2.47. The maximum absolute atomic E-state index is 12.2. The van der Waals surface area contributed by atoms with Crippen LogP contribution in [0.3, 0.4) is 0 Å². The Morgan fingerprint density at radius 3 is 2.81 bits per heavy atom. The number of carbonyl (C=O) groups excluding carboxylic acids is 1. The number of amides is 1. The van der Waals surface area contributed by atoms with Crippen molar-refractivity contribution >= 4 is 23.6 Å². The highest BCUT2D eigenvalue weighted by Gasteiger charge is 2.13. The highest BCUT2D eigenvalue weighted by atomic mass is 35.5. The summed E-state index contributed by atoms with van der Waals surface area (Å²) in [7, 11) is 0. The maximum Gasteiger partial charge on any atom is 0.244 e. The minimum absolute atomic E-state index is 0.197. The van der Waals surface area contributed by atoms with E-state index in [1.54, 1.807) is 10.8 Å². The molecule has 0 atom stereocenters. The molecular formula is C20H24ClN3O3. The summed E-state index contributed by atoms with van der Waals surface area (Å²) >= 11 is 6.39. The Labute approximate surface area is 164 Å². The number of carbonyl (C=O) groups is 1. The average molecular weight is 390 g/mol. The monoisotopic (exact) mass is 389 g/mol. The molecule has 0 radical (unpaired) electrons. The second-order valence-corrected chi connectivity index (χ2v) is 7.25. The molecule has 0 spiro atoms. The summed E-state index contributed by atoms with van der Waals surface area (Å²) < 4.78 is 12.8. The van der Waals surface area contributed by atoms with Crippen molar-refractivity contribution in [3.8, 4) is 11.5 Å². The van der Waals surface area contributed by atoms with Crippen LogP contribution in [0.15, 0.2) is 24.3 Å². The number of hydrogen-bond donors (Lipinski definition) is 1. The zero-order valence-corrected chi connectivity index (χ0v) is 16.5. The molecule has 1 aliphatic rings. The Kier molecular flexibility index (Phi) is 6.06. The molecule has 0 unspecified atom stereocenters. The number of fused-ring (bicyclic) bond motifs is 1. The predicted molar refractivity (Wildman–Crippen MR) is 105 cm³/mol. The number of aromatic nitrogens is 2. The van der Waals surface area contributed by atoms with E-state index in [1.807, 2.05) is 25.1 Å². The summed E-state index contributed by atoms with van der Waals surface area (Å²) in [6.07, 6.45) is 3.19. The normalized spacial score (nSPS) is 13.4. The third kappa shape index (κ3) is 4.83. The Balaban J connectivity index is 1.60. The lowest BCUT2D eigenvalue weighted by Crippen LogP contribution is -2.21. The van der Waals surface area contributed by atoms with Crippen LogP contribution < -0.4 is 14.8 Å². The number of nitrogens with zero attached hydrogens (tertiary/aromatic N) is 2. The fraction of sp³-hybridized carbons (Fsp3) is 0.400. The second-order valence-electron chi connectivity index (χ2n) is 6.89. The molecule has 1 aromatic heterocycles. The Morgan fingerprint density at radius 2 is 2.07 bits per heavy atom. The minimum atomic E-state index is -0.197. The van der Waals surface area contributed by atoms with Crippen molar-refractivity contribution < 1.29 is 14.3 Å². The number of halogens is 1. The molecule has 1 aliphatic heterocycles. The lowest BCUT2D eigenvalue weighted by atomic mass is 10.2. The molecule has 0 bridgehead atoms. The van der Waals surface area contributed by atoms with E-state index in [-0.39, 0.29) is 5.91 Å². The molecule has 144 valence electrons. The van der Waals surface area contributed by atoms with Crippen LogP contribution in [0.4, 0.5) is 0 Å². The molecule has 1 aromatic carbocycles. The molecule has 1 N–H and O–H groups in total. The van der Waals surface area contributed by atoms with Gasteiger partial charge in [-0.05, 0) is 36.6 Å². The van der Waals surface area contributed by atoms with Gasteiger partial charge in [-0.25, -0.2) is 0 Å². The maximum atomic E-state index is 12.2. The first-order valence-corrected chi connectivity index (χ1v) is 9.39. The van der Waals surface area contributed by atoms with E-state index in [0.717, 1.165) is 29.1 Å². The smallest absolute Gasteiger partial charge is 0.244 e. The van der Waals surface area contributed by atoms with Crippen molar-refractivity contribution in [3.05, 3.63) is 46.2 Å². The summed E-state index contributed by atoms with van der Waals surface area (Å²) in [4.78, 5) is 12.2. The van der Waals surface area contributed by atoms with Gasteiger partial charge in [0.2, 0.25) is 5.91 Å². The largest absolute Gasteiger partial charge is 0.486 e. The first kappa shape index (κ1) is 19.3. The molecule has 0 fully saturated rings. The van der Waals surface area contributed by atoms with Gasteiger partial charge in [0.25, 0.3) is 0 Å². The van der Waals surface area contributed by atoms with E-state index in [0.29, 0.717) is 36.6 Å². The molecule has 27 heavy (non-hydrogen) atoms. The van der Waals surface area contributed by atoms with Crippen LogP contribution in [0, 0.1) is 12.8 Å². The number of rotatable bonds is 6. The van der Waals surface area contributed by atoms with Crippen LogP contribution in [0.25, 0.3) is 6.08 Å². The molecule has 0 aliphatic carbocycles. The van der Waals surface area contributed by atoms with E-state index >= 15 is 0 Å². The number of benzene rings is 1. The van der Waals surface area contributed by atoms with Crippen molar-refractivity contribution in [2.24, 2.45) is 5.92 Å². The molecule has 0 saturated heterocycles. The second kappa shape index (κ2) is 8.48. The van der Waals surface area contributed by atoms with Gasteiger partial charge in [0.15, 0.2) is 11.5 Å². The molecule has 3 rings (SSSR count). The first-order chi connectivity index (χ1) is 12.9. The quantitative estimate of drug-likeness (QED) is 0.766. The van der Waals surface area contributed by atoms with Crippen molar-refractivity contribution in [1.82, 2.24) is 15.1 Å². The molecule has 0 saturated carbocycles. The standard InChI is InChI=1S/C20H24ClN3O3/c1-13(2)12-24-20(21)16(14(3)23-24)5-7-19(25)22-11-15-4-6-17-18(10-15)27-9-8-26-17/h4-7,10,13H,8-9,11-12H2,1-3H3,(H,22,25)/b7-5+. The lowest BCUT2D eigenvalue weighted by Gasteiger charge is -2.18. The van der Waals surface area contributed by atoms with Gasteiger partial charge in [0, 0.05) is 24.7 Å². The topological polar surface area (TPSA) is 65.4 Å². The van der Waals surface area contributed by atoms with E-state index in [2.05, 4.69) is 24.3 Å². The van der Waals surface area contributed by atoms with Gasteiger partial charge in [0.1, 0.15) is 18.4 Å². The van der Waals surface area contributed by atoms with Gasteiger partial charge in [-0.1, -0.05) is 31.5 Å². The molecule has 6 nitrogen and oxygen atoms in total. The number of nitrogens with one attached hydrogen (secondary N) is 1. The first-order valence-electron chi connectivity index (χ1n) is 9.01. The zero-order valence-electron chi connectivity index (χ0n) is 15.8. The van der Waals surface area contributed by atoms with Crippen LogP contribution in [0.1, 0.15) is 30.7 Å². The SMILES string of the molecule is Cc1nn(CC(C)C)c(Cl)c1/C=C/C(=O)NCc1ccc2c(c1)OCCO2. The van der Waals surface area contributed by atoms with Crippen LogP contribution in [0.2, 0.25) is 5.15 Å². The van der Waals surface area contributed by atoms with Crippen LogP contribution >= 0.6 is 11.6 Å². The highest BCUT2D eigenvalue weighted by Crippen LogP contribution is 2.30.